The molecule has 0 aromatic heterocycles. The number of rotatable bonds is 5. The van der Waals surface area contributed by atoms with E-state index in [1.807, 2.05) is 12.1 Å². The SMILES string of the molecule is CC[NH+]1CC[NH+](CCOc2ccc(Br)cc2C)CC1. The first-order chi connectivity index (χ1) is 9.19. The van der Waals surface area contributed by atoms with Crippen LogP contribution in [0.5, 0.6) is 5.75 Å². The lowest BCUT2D eigenvalue weighted by molar-refractivity contribution is -1.01. The summed E-state index contributed by atoms with van der Waals surface area (Å²) in [6, 6.07) is 6.19. The lowest BCUT2D eigenvalue weighted by Gasteiger charge is -2.28. The monoisotopic (exact) mass is 328 g/mol. The zero-order chi connectivity index (χ0) is 13.7. The average molecular weight is 329 g/mol. The van der Waals surface area contributed by atoms with Crippen molar-refractivity contribution < 1.29 is 14.5 Å². The molecule has 1 aromatic rings. The van der Waals surface area contributed by atoms with E-state index < -0.39 is 0 Å². The van der Waals surface area contributed by atoms with Crippen molar-refractivity contribution in [3.05, 3.63) is 28.2 Å². The molecule has 1 aliphatic rings. The van der Waals surface area contributed by atoms with Gasteiger partial charge in [0.1, 0.15) is 45.1 Å². The molecule has 0 atom stereocenters. The molecule has 0 radical (unpaired) electrons. The summed E-state index contributed by atoms with van der Waals surface area (Å²) < 4.78 is 7.01. The van der Waals surface area contributed by atoms with Crippen molar-refractivity contribution in [1.29, 1.82) is 0 Å². The minimum Gasteiger partial charge on any atom is -0.487 e. The predicted molar refractivity (Wildman–Crippen MR) is 81.2 cm³/mol. The summed E-state index contributed by atoms with van der Waals surface area (Å²) in [5, 5.41) is 0. The number of benzene rings is 1. The normalized spacial score (nSPS) is 23.3. The Labute approximate surface area is 124 Å². The van der Waals surface area contributed by atoms with Crippen LogP contribution in [-0.2, 0) is 0 Å². The van der Waals surface area contributed by atoms with E-state index in [9.17, 15) is 0 Å². The fraction of sp³-hybridized carbons (Fsp3) is 0.600. The molecule has 2 N–H and O–H groups in total. The Hall–Kier alpha value is -0.580. The van der Waals surface area contributed by atoms with E-state index in [1.165, 1.54) is 38.3 Å². The van der Waals surface area contributed by atoms with Crippen molar-refractivity contribution in [2.75, 3.05) is 45.9 Å². The summed E-state index contributed by atoms with van der Waals surface area (Å²) in [5.74, 6) is 1.01. The highest BCUT2D eigenvalue weighted by atomic mass is 79.9. The summed E-state index contributed by atoms with van der Waals surface area (Å²) in [5.41, 5.74) is 1.20. The first kappa shape index (κ1) is 14.8. The van der Waals surface area contributed by atoms with Gasteiger partial charge in [0.2, 0.25) is 0 Å². The third-order valence-electron chi connectivity index (χ3n) is 4.01. The predicted octanol–water partition coefficient (Wildman–Crippen LogP) is -0.0604. The third-order valence-corrected chi connectivity index (χ3v) is 4.51. The molecule has 19 heavy (non-hydrogen) atoms. The van der Waals surface area contributed by atoms with Crippen LogP contribution >= 0.6 is 15.9 Å². The molecule has 0 saturated carbocycles. The van der Waals surface area contributed by atoms with Crippen LogP contribution in [0.15, 0.2) is 22.7 Å². The summed E-state index contributed by atoms with van der Waals surface area (Å²) >= 11 is 3.48. The van der Waals surface area contributed by atoms with E-state index in [1.54, 1.807) is 9.80 Å². The molecule has 1 fully saturated rings. The number of piperazine rings is 1. The second-order valence-corrected chi connectivity index (χ2v) is 6.28. The van der Waals surface area contributed by atoms with Gasteiger partial charge in [-0.2, -0.15) is 0 Å². The van der Waals surface area contributed by atoms with Crippen molar-refractivity contribution in [3.8, 4) is 5.75 Å². The molecule has 4 heteroatoms. The molecule has 106 valence electrons. The summed E-state index contributed by atoms with van der Waals surface area (Å²) in [7, 11) is 0. The van der Waals surface area contributed by atoms with Crippen molar-refractivity contribution in [2.24, 2.45) is 0 Å². The van der Waals surface area contributed by atoms with Gasteiger partial charge in [0.05, 0.1) is 6.54 Å². The van der Waals surface area contributed by atoms with Crippen LogP contribution in [0.3, 0.4) is 0 Å². The highest BCUT2D eigenvalue weighted by molar-refractivity contribution is 9.10. The number of ether oxygens (including phenoxy) is 1. The van der Waals surface area contributed by atoms with Crippen LogP contribution in [-0.4, -0.2) is 45.9 Å². The van der Waals surface area contributed by atoms with Crippen molar-refractivity contribution in [3.63, 3.8) is 0 Å². The molecule has 0 amide bonds. The number of nitrogens with one attached hydrogen (secondary N) is 2. The zero-order valence-corrected chi connectivity index (χ0v) is 13.6. The minimum absolute atomic E-state index is 0.819. The maximum absolute atomic E-state index is 5.90. The molecule has 3 nitrogen and oxygen atoms in total. The van der Waals surface area contributed by atoms with Crippen molar-refractivity contribution >= 4 is 15.9 Å². The molecular weight excluding hydrogens is 304 g/mol. The van der Waals surface area contributed by atoms with Crippen LogP contribution in [0.4, 0.5) is 0 Å². The van der Waals surface area contributed by atoms with Gasteiger partial charge >= 0.3 is 0 Å². The number of hydrogen-bond acceptors (Lipinski definition) is 1. The fourth-order valence-corrected chi connectivity index (χ4v) is 3.12. The van der Waals surface area contributed by atoms with Crippen LogP contribution in [0.1, 0.15) is 12.5 Å². The molecule has 1 aliphatic heterocycles. The summed E-state index contributed by atoms with van der Waals surface area (Å²) in [4.78, 5) is 3.43. The number of hydrogen-bond donors (Lipinski definition) is 2. The van der Waals surface area contributed by atoms with Gasteiger partial charge in [-0.25, -0.2) is 0 Å². The lowest BCUT2D eigenvalue weighted by Crippen LogP contribution is -3.28. The number of halogens is 1. The fourth-order valence-electron chi connectivity index (χ4n) is 2.64. The smallest absolute Gasteiger partial charge is 0.137 e. The van der Waals surface area contributed by atoms with E-state index in [2.05, 4.69) is 35.8 Å². The second kappa shape index (κ2) is 7.27. The lowest BCUT2D eigenvalue weighted by atomic mass is 10.2. The molecule has 0 bridgehead atoms. The highest BCUT2D eigenvalue weighted by Gasteiger charge is 2.21. The standard InChI is InChI=1S/C15H23BrN2O/c1-3-17-6-8-18(9-7-17)10-11-19-15-5-4-14(16)12-13(15)2/h4-5,12H,3,6-11H2,1-2H3/p+2. The van der Waals surface area contributed by atoms with Crippen LogP contribution in [0, 0.1) is 6.92 Å². The molecule has 0 aliphatic carbocycles. The third kappa shape index (κ3) is 4.48. The Morgan fingerprint density at radius 2 is 1.84 bits per heavy atom. The zero-order valence-electron chi connectivity index (χ0n) is 12.0. The van der Waals surface area contributed by atoms with Gasteiger partial charge in [-0.3, -0.25) is 0 Å². The molecule has 2 rings (SSSR count). The van der Waals surface area contributed by atoms with Crippen LogP contribution < -0.4 is 14.5 Å². The summed E-state index contributed by atoms with van der Waals surface area (Å²) in [6.07, 6.45) is 0. The maximum atomic E-state index is 5.90. The van der Waals surface area contributed by atoms with E-state index in [4.69, 9.17) is 4.74 Å². The van der Waals surface area contributed by atoms with Gasteiger partial charge < -0.3 is 14.5 Å². The van der Waals surface area contributed by atoms with E-state index in [-0.39, 0.29) is 0 Å². The first-order valence-corrected chi connectivity index (χ1v) is 8.04. The number of aryl methyl sites for hydroxylation is 1. The maximum Gasteiger partial charge on any atom is 0.137 e. The van der Waals surface area contributed by atoms with Gasteiger partial charge in [-0.15, -0.1) is 0 Å². The van der Waals surface area contributed by atoms with E-state index in [0.29, 0.717) is 0 Å². The molecule has 1 aromatic carbocycles. The average Bonchev–Trinajstić information content (AvgIpc) is 2.42. The largest absolute Gasteiger partial charge is 0.487 e. The van der Waals surface area contributed by atoms with Gasteiger partial charge in [0.25, 0.3) is 0 Å². The Morgan fingerprint density at radius 1 is 1.16 bits per heavy atom. The number of likely N-dealkylation sites (N-methyl/N-ethyl adjacent to an activating group) is 1. The van der Waals surface area contributed by atoms with Crippen LogP contribution in [0.25, 0.3) is 0 Å². The highest BCUT2D eigenvalue weighted by Crippen LogP contribution is 2.21. The topological polar surface area (TPSA) is 18.1 Å². The van der Waals surface area contributed by atoms with Gasteiger partial charge in [-0.05, 0) is 37.6 Å². The molecule has 0 spiro atoms. The number of quaternary nitrogens is 2. The van der Waals surface area contributed by atoms with Crippen molar-refractivity contribution in [1.82, 2.24) is 0 Å². The van der Waals surface area contributed by atoms with Gasteiger partial charge in [0, 0.05) is 4.47 Å². The van der Waals surface area contributed by atoms with Gasteiger partial charge in [-0.1, -0.05) is 15.9 Å². The summed E-state index contributed by atoms with van der Waals surface area (Å²) in [6.45, 7) is 12.8. The quantitative estimate of drug-likeness (QED) is 0.775. The first-order valence-electron chi connectivity index (χ1n) is 7.25. The van der Waals surface area contributed by atoms with Gasteiger partial charge in [0.15, 0.2) is 0 Å². The van der Waals surface area contributed by atoms with Crippen LogP contribution in [0.2, 0.25) is 0 Å². The van der Waals surface area contributed by atoms with Crippen molar-refractivity contribution in [2.45, 2.75) is 13.8 Å². The Kier molecular flexibility index (Phi) is 5.67. The Morgan fingerprint density at radius 3 is 2.47 bits per heavy atom. The molecule has 1 heterocycles. The van der Waals surface area contributed by atoms with E-state index >= 15 is 0 Å². The second-order valence-electron chi connectivity index (χ2n) is 5.36. The molecule has 0 unspecified atom stereocenters. The molecular formula is C15H25BrN2O+2. The van der Waals surface area contributed by atoms with E-state index in [0.717, 1.165) is 23.4 Å². The molecule has 1 saturated heterocycles. The minimum atomic E-state index is 0.819. The Bertz CT molecular complexity index is 403. The Balaban J connectivity index is 1.72.